The van der Waals surface area contributed by atoms with Crippen molar-refractivity contribution in [2.75, 3.05) is 20.2 Å². The van der Waals surface area contributed by atoms with Gasteiger partial charge in [0.25, 0.3) is 11.6 Å². The van der Waals surface area contributed by atoms with Gasteiger partial charge in [-0.2, -0.15) is 0 Å². The number of nitro groups is 1. The van der Waals surface area contributed by atoms with Gasteiger partial charge in [0, 0.05) is 24.7 Å². The van der Waals surface area contributed by atoms with Crippen molar-refractivity contribution in [1.82, 2.24) is 10.6 Å². The molecule has 0 aliphatic carbocycles. The van der Waals surface area contributed by atoms with E-state index in [1.54, 1.807) is 31.4 Å². The average molecular weight is 357 g/mol. The maximum Gasteiger partial charge on any atom is 0.270 e. The number of hydrogen-bond acceptors (Lipinski definition) is 6. The Hall–Kier alpha value is -3.13. The van der Waals surface area contributed by atoms with Gasteiger partial charge in [0.05, 0.1) is 17.6 Å². The van der Waals surface area contributed by atoms with Gasteiger partial charge in [-0.15, -0.1) is 0 Å². The molecule has 1 unspecified atom stereocenters. The first-order valence-corrected chi connectivity index (χ1v) is 8.19. The van der Waals surface area contributed by atoms with E-state index in [0.29, 0.717) is 18.0 Å². The first kappa shape index (κ1) is 17.7. The molecule has 0 spiro atoms. The third kappa shape index (κ3) is 4.09. The van der Waals surface area contributed by atoms with E-state index in [1.807, 2.05) is 0 Å². The van der Waals surface area contributed by atoms with Gasteiger partial charge in [0.1, 0.15) is 17.2 Å². The third-order valence-electron chi connectivity index (χ3n) is 4.10. The van der Waals surface area contributed by atoms with Crippen molar-refractivity contribution in [3.8, 4) is 17.2 Å². The Morgan fingerprint density at radius 1 is 1.23 bits per heavy atom. The lowest BCUT2D eigenvalue weighted by Gasteiger charge is -2.14. The number of non-ortho nitro benzene ring substituents is 1. The number of rotatable bonds is 6. The van der Waals surface area contributed by atoms with Gasteiger partial charge in [-0.05, 0) is 43.3 Å². The van der Waals surface area contributed by atoms with Gasteiger partial charge in [-0.1, -0.05) is 0 Å². The van der Waals surface area contributed by atoms with Crippen LogP contribution in [0.1, 0.15) is 16.8 Å². The van der Waals surface area contributed by atoms with Crippen molar-refractivity contribution in [2.45, 2.75) is 12.5 Å². The Balaban J connectivity index is 1.86. The molecule has 136 valence electrons. The van der Waals surface area contributed by atoms with Crippen LogP contribution in [0.4, 0.5) is 5.69 Å². The Labute approximate surface area is 150 Å². The minimum Gasteiger partial charge on any atom is -0.497 e. The standard InChI is InChI=1S/C18H19N3O5/c1-25-14-3-5-15(6-4-14)26-17-7-2-13(21(23)24)10-16(17)18(22)20-12-8-9-19-11-12/h2-7,10,12,19H,8-9,11H2,1H3,(H,20,22). The SMILES string of the molecule is COc1ccc(Oc2ccc([N+](=O)[O-])cc2C(=O)NC2CCNC2)cc1. The summed E-state index contributed by atoms with van der Waals surface area (Å²) in [5, 5.41) is 17.1. The summed E-state index contributed by atoms with van der Waals surface area (Å²) in [5.74, 6) is 1.03. The first-order chi connectivity index (χ1) is 12.6. The van der Waals surface area contributed by atoms with E-state index in [-0.39, 0.29) is 23.0 Å². The molecule has 3 rings (SSSR count). The van der Waals surface area contributed by atoms with Gasteiger partial charge in [-0.3, -0.25) is 14.9 Å². The Bertz CT molecular complexity index is 801. The van der Waals surface area contributed by atoms with Crippen molar-refractivity contribution in [3.05, 3.63) is 58.1 Å². The molecule has 1 saturated heterocycles. The second-order valence-corrected chi connectivity index (χ2v) is 5.88. The maximum atomic E-state index is 12.6. The Kier molecular flexibility index (Phi) is 5.33. The van der Waals surface area contributed by atoms with Crippen molar-refractivity contribution in [2.24, 2.45) is 0 Å². The van der Waals surface area contributed by atoms with Crippen molar-refractivity contribution in [3.63, 3.8) is 0 Å². The topological polar surface area (TPSA) is 103 Å². The number of hydrogen-bond donors (Lipinski definition) is 2. The largest absolute Gasteiger partial charge is 0.497 e. The van der Waals surface area contributed by atoms with Crippen LogP contribution >= 0.6 is 0 Å². The fourth-order valence-electron chi connectivity index (χ4n) is 2.71. The van der Waals surface area contributed by atoms with Gasteiger partial charge in [0.15, 0.2) is 0 Å². The molecule has 1 atom stereocenters. The molecule has 1 aliphatic rings. The molecule has 8 heteroatoms. The van der Waals surface area contributed by atoms with Crippen LogP contribution in [0.2, 0.25) is 0 Å². The molecule has 26 heavy (non-hydrogen) atoms. The number of methoxy groups -OCH3 is 1. The number of nitrogens with one attached hydrogen (secondary N) is 2. The minimum atomic E-state index is -0.537. The summed E-state index contributed by atoms with van der Waals surface area (Å²) < 4.78 is 10.9. The Morgan fingerprint density at radius 2 is 1.96 bits per heavy atom. The summed E-state index contributed by atoms with van der Waals surface area (Å²) in [7, 11) is 1.56. The van der Waals surface area contributed by atoms with E-state index < -0.39 is 10.8 Å². The number of benzene rings is 2. The molecular formula is C18H19N3O5. The predicted octanol–water partition coefficient (Wildman–Crippen LogP) is 2.49. The fraction of sp³-hybridized carbons (Fsp3) is 0.278. The van der Waals surface area contributed by atoms with Gasteiger partial charge < -0.3 is 20.1 Å². The molecular weight excluding hydrogens is 338 g/mol. The van der Waals surface area contributed by atoms with E-state index in [4.69, 9.17) is 9.47 Å². The monoisotopic (exact) mass is 357 g/mol. The van der Waals surface area contributed by atoms with Crippen molar-refractivity contribution < 1.29 is 19.2 Å². The van der Waals surface area contributed by atoms with Gasteiger partial charge in [0.2, 0.25) is 0 Å². The predicted molar refractivity (Wildman–Crippen MR) is 94.9 cm³/mol. The second kappa shape index (κ2) is 7.83. The van der Waals surface area contributed by atoms with Crippen LogP contribution in [0.15, 0.2) is 42.5 Å². The normalized spacial score (nSPS) is 16.1. The summed E-state index contributed by atoms with van der Waals surface area (Å²) in [4.78, 5) is 23.2. The number of nitro benzene ring substituents is 1. The highest BCUT2D eigenvalue weighted by molar-refractivity contribution is 5.98. The highest BCUT2D eigenvalue weighted by Gasteiger charge is 2.22. The highest BCUT2D eigenvalue weighted by Crippen LogP contribution is 2.30. The summed E-state index contributed by atoms with van der Waals surface area (Å²) in [5.41, 5.74) is -0.0382. The van der Waals surface area contributed by atoms with Crippen LogP contribution in [-0.2, 0) is 0 Å². The zero-order chi connectivity index (χ0) is 18.5. The Morgan fingerprint density at radius 3 is 2.58 bits per heavy atom. The molecule has 8 nitrogen and oxygen atoms in total. The summed E-state index contributed by atoms with van der Waals surface area (Å²) in [6.07, 6.45) is 0.815. The van der Waals surface area contributed by atoms with Crippen LogP contribution in [0, 0.1) is 10.1 Å². The number of carbonyl (C=O) groups is 1. The maximum absolute atomic E-state index is 12.6. The zero-order valence-corrected chi connectivity index (χ0v) is 14.2. The van der Waals surface area contributed by atoms with E-state index in [1.165, 1.54) is 18.2 Å². The van der Waals surface area contributed by atoms with Crippen LogP contribution in [0.5, 0.6) is 17.2 Å². The second-order valence-electron chi connectivity index (χ2n) is 5.88. The summed E-state index contributed by atoms with van der Waals surface area (Å²) >= 11 is 0. The quantitative estimate of drug-likeness (QED) is 0.608. The number of ether oxygens (including phenoxy) is 2. The van der Waals surface area contributed by atoms with Crippen molar-refractivity contribution >= 4 is 11.6 Å². The van der Waals surface area contributed by atoms with Crippen LogP contribution < -0.4 is 20.1 Å². The highest BCUT2D eigenvalue weighted by atomic mass is 16.6. The molecule has 2 aromatic carbocycles. The smallest absolute Gasteiger partial charge is 0.270 e. The molecule has 0 aromatic heterocycles. The number of amides is 1. The fourth-order valence-corrected chi connectivity index (χ4v) is 2.71. The molecule has 0 saturated carbocycles. The zero-order valence-electron chi connectivity index (χ0n) is 14.2. The molecule has 1 amide bonds. The first-order valence-electron chi connectivity index (χ1n) is 8.19. The summed E-state index contributed by atoms with van der Waals surface area (Å²) in [6, 6.07) is 10.8. The van der Waals surface area contributed by atoms with Crippen LogP contribution in [0.25, 0.3) is 0 Å². The lowest BCUT2D eigenvalue weighted by molar-refractivity contribution is -0.384. The van der Waals surface area contributed by atoms with Crippen molar-refractivity contribution in [1.29, 1.82) is 0 Å². The van der Waals surface area contributed by atoms with E-state index >= 15 is 0 Å². The molecule has 2 aromatic rings. The van der Waals surface area contributed by atoms with E-state index in [9.17, 15) is 14.9 Å². The summed E-state index contributed by atoms with van der Waals surface area (Å²) in [6.45, 7) is 1.50. The van der Waals surface area contributed by atoms with E-state index in [0.717, 1.165) is 13.0 Å². The molecule has 1 heterocycles. The third-order valence-corrected chi connectivity index (χ3v) is 4.10. The molecule has 1 fully saturated rings. The molecule has 0 bridgehead atoms. The molecule has 2 N–H and O–H groups in total. The number of nitrogens with zero attached hydrogens (tertiary/aromatic N) is 1. The average Bonchev–Trinajstić information content (AvgIpc) is 3.15. The molecule has 0 radical (unpaired) electrons. The molecule has 1 aliphatic heterocycles. The lowest BCUT2D eigenvalue weighted by Crippen LogP contribution is -2.36. The number of carbonyl (C=O) groups excluding carboxylic acids is 1. The lowest BCUT2D eigenvalue weighted by atomic mass is 10.1. The minimum absolute atomic E-state index is 0.00408. The van der Waals surface area contributed by atoms with Crippen LogP contribution in [-0.4, -0.2) is 37.1 Å². The van der Waals surface area contributed by atoms with Gasteiger partial charge in [-0.25, -0.2) is 0 Å². The van der Waals surface area contributed by atoms with E-state index in [2.05, 4.69) is 10.6 Å². The van der Waals surface area contributed by atoms with Crippen LogP contribution in [0.3, 0.4) is 0 Å². The van der Waals surface area contributed by atoms with Gasteiger partial charge >= 0.3 is 0 Å².